The number of fused-ring (bicyclic) bond motifs is 1. The molecule has 31 heavy (non-hydrogen) atoms. The number of rotatable bonds is 3. The normalized spacial score (nSPS) is 20.9. The number of hydrogen-bond donors (Lipinski definition) is 1. The molecule has 0 radical (unpaired) electrons. The zero-order valence-electron chi connectivity index (χ0n) is 18.6. The van der Waals surface area contributed by atoms with Gasteiger partial charge in [-0.25, -0.2) is 9.48 Å². The second-order valence-corrected chi connectivity index (χ2v) is 9.62. The second kappa shape index (κ2) is 8.26. The number of nitriles is 1. The van der Waals surface area contributed by atoms with Crippen LogP contribution < -0.4 is 5.73 Å². The summed E-state index contributed by atoms with van der Waals surface area (Å²) in [6.07, 6.45) is 4.29. The first-order chi connectivity index (χ1) is 14.8. The van der Waals surface area contributed by atoms with Crippen molar-refractivity contribution in [1.82, 2.24) is 14.7 Å². The van der Waals surface area contributed by atoms with Crippen LogP contribution in [0.5, 0.6) is 0 Å². The van der Waals surface area contributed by atoms with Crippen molar-refractivity contribution in [2.45, 2.75) is 77.0 Å². The molecule has 2 atom stereocenters. The molecule has 0 saturated carbocycles. The number of likely N-dealkylation sites (tertiary alicyclic amines) is 1. The predicted octanol–water partition coefficient (Wildman–Crippen LogP) is 4.01. The molecule has 1 fully saturated rings. The predicted molar refractivity (Wildman–Crippen MR) is 119 cm³/mol. The summed E-state index contributed by atoms with van der Waals surface area (Å²) in [4.78, 5) is 14.4. The second-order valence-electron chi connectivity index (χ2n) is 9.62. The molecule has 2 aliphatic rings. The van der Waals surface area contributed by atoms with Crippen molar-refractivity contribution in [3.8, 4) is 6.07 Å². The molecule has 0 bridgehead atoms. The molecule has 4 rings (SSSR count). The fourth-order valence-electron chi connectivity index (χ4n) is 4.75. The number of nitrogens with two attached hydrogens (primary N) is 1. The Hall–Kier alpha value is -3.01. The van der Waals surface area contributed by atoms with Crippen molar-refractivity contribution in [3.05, 3.63) is 46.6 Å². The van der Waals surface area contributed by atoms with E-state index in [0.29, 0.717) is 24.5 Å². The van der Waals surface area contributed by atoms with E-state index in [-0.39, 0.29) is 18.1 Å². The van der Waals surface area contributed by atoms with Gasteiger partial charge in [0.2, 0.25) is 0 Å². The Kier molecular flexibility index (Phi) is 5.65. The number of benzene rings is 1. The van der Waals surface area contributed by atoms with E-state index in [0.717, 1.165) is 37.8 Å². The molecule has 7 heteroatoms. The molecule has 1 aromatic carbocycles. The minimum atomic E-state index is -0.534. The highest BCUT2D eigenvalue weighted by Crippen LogP contribution is 2.35. The molecule has 1 aromatic heterocycles. The van der Waals surface area contributed by atoms with Gasteiger partial charge in [0.1, 0.15) is 23.1 Å². The maximum Gasteiger partial charge on any atom is 0.410 e. The number of nitrogens with zero attached hydrogens (tertiary/aromatic N) is 4. The number of hydrogen-bond acceptors (Lipinski definition) is 5. The zero-order chi connectivity index (χ0) is 22.2. The summed E-state index contributed by atoms with van der Waals surface area (Å²) in [5.41, 5.74) is 9.79. The standard InChI is InChI=1S/C24H31N5O2/c1-24(2,3)31-23(30)28-12-6-9-19(28)15-29-22(26)20(14-25)21(27-29)18-11-10-16-7-4-5-8-17(16)13-18/h4-5,7-8,18-19H,6,9-13,15,26H2,1-3H3. The first kappa shape index (κ1) is 21.2. The fraction of sp³-hybridized carbons (Fsp3) is 0.542. The van der Waals surface area contributed by atoms with Gasteiger partial charge in [-0.2, -0.15) is 10.4 Å². The summed E-state index contributed by atoms with van der Waals surface area (Å²) in [6, 6.07) is 10.7. The highest BCUT2D eigenvalue weighted by atomic mass is 16.6. The summed E-state index contributed by atoms with van der Waals surface area (Å²) in [5, 5.41) is 14.6. The Morgan fingerprint density at radius 1 is 1.29 bits per heavy atom. The average Bonchev–Trinajstić information content (AvgIpc) is 3.31. The zero-order valence-corrected chi connectivity index (χ0v) is 18.6. The molecule has 1 saturated heterocycles. The van der Waals surface area contributed by atoms with Crippen LogP contribution in [0.25, 0.3) is 0 Å². The maximum absolute atomic E-state index is 12.6. The first-order valence-electron chi connectivity index (χ1n) is 11.1. The summed E-state index contributed by atoms with van der Waals surface area (Å²) in [5.74, 6) is 0.575. The molecule has 1 amide bonds. The lowest BCUT2D eigenvalue weighted by atomic mass is 9.81. The Bertz CT molecular complexity index is 1010. The van der Waals surface area contributed by atoms with Gasteiger partial charge in [0.15, 0.2) is 0 Å². The van der Waals surface area contributed by atoms with Crippen LogP contribution in [-0.2, 0) is 24.1 Å². The van der Waals surface area contributed by atoms with Crippen LogP contribution in [0, 0.1) is 11.3 Å². The third-order valence-electron chi connectivity index (χ3n) is 6.25. The number of aromatic nitrogens is 2. The largest absolute Gasteiger partial charge is 0.444 e. The van der Waals surface area contributed by atoms with Crippen LogP contribution in [0.1, 0.15) is 68.3 Å². The van der Waals surface area contributed by atoms with Crippen molar-refractivity contribution < 1.29 is 9.53 Å². The lowest BCUT2D eigenvalue weighted by Crippen LogP contribution is -2.41. The van der Waals surface area contributed by atoms with Crippen LogP contribution >= 0.6 is 0 Å². The molecular formula is C24H31N5O2. The van der Waals surface area contributed by atoms with Crippen molar-refractivity contribution in [2.24, 2.45) is 0 Å². The Labute approximate surface area is 183 Å². The van der Waals surface area contributed by atoms with Crippen molar-refractivity contribution in [1.29, 1.82) is 5.26 Å². The number of ether oxygens (including phenoxy) is 1. The van der Waals surface area contributed by atoms with E-state index in [2.05, 4.69) is 30.3 Å². The van der Waals surface area contributed by atoms with Gasteiger partial charge in [-0.3, -0.25) is 0 Å². The van der Waals surface area contributed by atoms with Gasteiger partial charge in [-0.15, -0.1) is 0 Å². The lowest BCUT2D eigenvalue weighted by molar-refractivity contribution is 0.0212. The number of carbonyl (C=O) groups excluding carboxylic acids is 1. The topological polar surface area (TPSA) is 97.2 Å². The van der Waals surface area contributed by atoms with E-state index in [1.165, 1.54) is 11.1 Å². The molecule has 2 heterocycles. The van der Waals surface area contributed by atoms with E-state index >= 15 is 0 Å². The Morgan fingerprint density at radius 2 is 2.03 bits per heavy atom. The van der Waals surface area contributed by atoms with Crippen molar-refractivity contribution >= 4 is 11.9 Å². The quantitative estimate of drug-likeness (QED) is 0.808. The fourth-order valence-corrected chi connectivity index (χ4v) is 4.75. The van der Waals surface area contributed by atoms with E-state index in [1.807, 2.05) is 20.8 Å². The van der Waals surface area contributed by atoms with Crippen LogP contribution in [0.3, 0.4) is 0 Å². The summed E-state index contributed by atoms with van der Waals surface area (Å²) in [6.45, 7) is 6.75. The number of aryl methyl sites for hydroxylation is 1. The third-order valence-corrected chi connectivity index (χ3v) is 6.25. The van der Waals surface area contributed by atoms with Gasteiger partial charge >= 0.3 is 6.09 Å². The van der Waals surface area contributed by atoms with Gasteiger partial charge in [0, 0.05) is 12.5 Å². The molecule has 1 aliphatic heterocycles. The van der Waals surface area contributed by atoms with Crippen molar-refractivity contribution in [3.63, 3.8) is 0 Å². The highest BCUT2D eigenvalue weighted by Gasteiger charge is 2.34. The van der Waals surface area contributed by atoms with Gasteiger partial charge in [-0.1, -0.05) is 24.3 Å². The van der Waals surface area contributed by atoms with Crippen LogP contribution in [0.2, 0.25) is 0 Å². The lowest BCUT2D eigenvalue weighted by Gasteiger charge is -2.28. The van der Waals surface area contributed by atoms with E-state index in [9.17, 15) is 10.1 Å². The number of amides is 1. The Balaban J connectivity index is 1.55. The van der Waals surface area contributed by atoms with Gasteiger partial charge < -0.3 is 15.4 Å². The summed E-state index contributed by atoms with van der Waals surface area (Å²) in [7, 11) is 0. The van der Waals surface area contributed by atoms with Gasteiger partial charge in [-0.05, 0) is 64.0 Å². The molecule has 2 aromatic rings. The summed E-state index contributed by atoms with van der Waals surface area (Å²) < 4.78 is 7.30. The summed E-state index contributed by atoms with van der Waals surface area (Å²) >= 11 is 0. The minimum absolute atomic E-state index is 0.0384. The monoisotopic (exact) mass is 421 g/mol. The van der Waals surface area contributed by atoms with Gasteiger partial charge in [0.25, 0.3) is 0 Å². The minimum Gasteiger partial charge on any atom is -0.444 e. The van der Waals surface area contributed by atoms with Crippen LogP contribution in [0.4, 0.5) is 10.6 Å². The molecule has 164 valence electrons. The first-order valence-corrected chi connectivity index (χ1v) is 11.1. The average molecular weight is 422 g/mol. The molecule has 0 spiro atoms. The SMILES string of the molecule is CC(C)(C)OC(=O)N1CCCC1Cn1nc(C2CCc3ccccc3C2)c(C#N)c1N. The molecule has 2 unspecified atom stereocenters. The van der Waals surface area contributed by atoms with E-state index < -0.39 is 5.60 Å². The molecule has 2 N–H and O–H groups in total. The number of anilines is 1. The third kappa shape index (κ3) is 4.39. The molecular weight excluding hydrogens is 390 g/mol. The van der Waals surface area contributed by atoms with Crippen LogP contribution in [-0.4, -0.2) is 39.0 Å². The maximum atomic E-state index is 12.6. The molecule has 1 aliphatic carbocycles. The van der Waals surface area contributed by atoms with Crippen molar-refractivity contribution in [2.75, 3.05) is 12.3 Å². The number of nitrogen functional groups attached to an aromatic ring is 1. The Morgan fingerprint density at radius 3 is 2.74 bits per heavy atom. The molecule has 7 nitrogen and oxygen atoms in total. The van der Waals surface area contributed by atoms with Gasteiger partial charge in [0.05, 0.1) is 18.3 Å². The van der Waals surface area contributed by atoms with E-state index in [4.69, 9.17) is 15.6 Å². The number of carbonyl (C=O) groups is 1. The van der Waals surface area contributed by atoms with Crippen LogP contribution in [0.15, 0.2) is 24.3 Å². The smallest absolute Gasteiger partial charge is 0.410 e. The van der Waals surface area contributed by atoms with E-state index in [1.54, 1.807) is 9.58 Å². The highest BCUT2D eigenvalue weighted by molar-refractivity contribution is 5.69.